The third kappa shape index (κ3) is 6.11. The maximum absolute atomic E-state index is 13.5. The highest BCUT2D eigenvalue weighted by Gasteiger charge is 2.27. The molecule has 0 bridgehead atoms. The molecule has 0 aliphatic carbocycles. The molecule has 0 aliphatic rings. The molecule has 1 aromatic heterocycles. The quantitative estimate of drug-likeness (QED) is 0.450. The summed E-state index contributed by atoms with van der Waals surface area (Å²) in [5.41, 5.74) is 1.62. The van der Waals surface area contributed by atoms with Crippen LogP contribution in [-0.2, 0) is 34.5 Å². The minimum atomic E-state index is -3.90. The highest BCUT2D eigenvalue weighted by atomic mass is 32.2. The first-order chi connectivity index (χ1) is 15.7. The van der Waals surface area contributed by atoms with E-state index in [0.717, 1.165) is 11.1 Å². The van der Waals surface area contributed by atoms with Crippen molar-refractivity contribution in [3.8, 4) is 11.5 Å². The molecule has 0 atom stereocenters. The maximum atomic E-state index is 13.5. The van der Waals surface area contributed by atoms with Gasteiger partial charge >= 0.3 is 0 Å². The van der Waals surface area contributed by atoms with Gasteiger partial charge in [0.25, 0.3) is 0 Å². The molecule has 2 aromatic carbocycles. The van der Waals surface area contributed by atoms with E-state index < -0.39 is 10.0 Å². The lowest BCUT2D eigenvalue weighted by Crippen LogP contribution is -2.30. The van der Waals surface area contributed by atoms with Crippen LogP contribution in [0.15, 0.2) is 65.8 Å². The van der Waals surface area contributed by atoms with Crippen LogP contribution in [0.3, 0.4) is 0 Å². The number of aromatic nitrogens is 2. The Kier molecular flexibility index (Phi) is 7.72. The first-order valence-corrected chi connectivity index (χ1v) is 11.7. The summed E-state index contributed by atoms with van der Waals surface area (Å²) in [7, 11) is 2.52. The molecular formula is C23H28N4O5S. The van der Waals surface area contributed by atoms with Crippen molar-refractivity contribution in [3.05, 3.63) is 72.1 Å². The van der Waals surface area contributed by atoms with E-state index >= 15 is 0 Å². The van der Waals surface area contributed by atoms with Gasteiger partial charge in [-0.15, -0.1) is 0 Å². The Labute approximate surface area is 194 Å². The van der Waals surface area contributed by atoms with Gasteiger partial charge in [0.1, 0.15) is 22.9 Å². The van der Waals surface area contributed by atoms with Crippen LogP contribution < -0.4 is 9.47 Å². The summed E-state index contributed by atoms with van der Waals surface area (Å²) < 4.78 is 40.2. The Morgan fingerprint density at radius 1 is 0.909 bits per heavy atom. The summed E-state index contributed by atoms with van der Waals surface area (Å²) in [5.74, 6) is 1.20. The molecule has 3 rings (SSSR count). The van der Waals surface area contributed by atoms with E-state index in [-0.39, 0.29) is 30.4 Å². The van der Waals surface area contributed by atoms with Crippen molar-refractivity contribution >= 4 is 15.9 Å². The molecule has 9 nitrogen and oxygen atoms in total. The van der Waals surface area contributed by atoms with Gasteiger partial charge in [-0.05, 0) is 35.4 Å². The monoisotopic (exact) mass is 472 g/mol. The third-order valence-electron chi connectivity index (χ3n) is 5.08. The van der Waals surface area contributed by atoms with Crippen molar-refractivity contribution in [1.29, 1.82) is 0 Å². The number of rotatable bonds is 10. The number of hydrogen-bond donors (Lipinski definition) is 0. The first-order valence-electron chi connectivity index (χ1n) is 10.2. The summed E-state index contributed by atoms with van der Waals surface area (Å²) in [5, 5.41) is 4.08. The second-order valence-electron chi connectivity index (χ2n) is 7.63. The number of carbonyl (C=O) groups excluding carboxylic acids is 1. The number of amides is 1. The predicted molar refractivity (Wildman–Crippen MR) is 123 cm³/mol. The van der Waals surface area contributed by atoms with Crippen LogP contribution in [0.4, 0.5) is 0 Å². The lowest BCUT2D eigenvalue weighted by molar-refractivity contribution is -0.129. The van der Waals surface area contributed by atoms with E-state index in [1.54, 1.807) is 52.6 Å². The van der Waals surface area contributed by atoms with E-state index in [4.69, 9.17) is 9.47 Å². The van der Waals surface area contributed by atoms with Crippen molar-refractivity contribution in [3.63, 3.8) is 0 Å². The van der Waals surface area contributed by atoms with Crippen molar-refractivity contribution in [2.24, 2.45) is 0 Å². The fourth-order valence-electron chi connectivity index (χ4n) is 3.09. The van der Waals surface area contributed by atoms with Crippen LogP contribution in [0, 0.1) is 0 Å². The molecule has 0 spiro atoms. The molecule has 0 N–H and O–H groups in total. The van der Waals surface area contributed by atoms with Crippen molar-refractivity contribution in [2.45, 2.75) is 24.5 Å². The summed E-state index contributed by atoms with van der Waals surface area (Å²) in [6.45, 7) is 0.264. The highest BCUT2D eigenvalue weighted by molar-refractivity contribution is 7.89. The van der Waals surface area contributed by atoms with Crippen LogP contribution in [0.2, 0.25) is 0 Å². The van der Waals surface area contributed by atoms with E-state index in [0.29, 0.717) is 11.5 Å². The number of carbonyl (C=O) groups is 1. The highest BCUT2D eigenvalue weighted by Crippen LogP contribution is 2.23. The molecule has 0 radical (unpaired) electrons. The van der Waals surface area contributed by atoms with Gasteiger partial charge in [0.15, 0.2) is 0 Å². The largest absolute Gasteiger partial charge is 0.497 e. The summed E-state index contributed by atoms with van der Waals surface area (Å²) in [4.78, 5) is 13.4. The van der Waals surface area contributed by atoms with Crippen LogP contribution in [0.5, 0.6) is 11.5 Å². The van der Waals surface area contributed by atoms with Gasteiger partial charge in [-0.25, -0.2) is 8.42 Å². The topological polar surface area (TPSA) is 94.0 Å². The van der Waals surface area contributed by atoms with Crippen LogP contribution >= 0.6 is 0 Å². The summed E-state index contributed by atoms with van der Waals surface area (Å²) >= 11 is 0. The van der Waals surface area contributed by atoms with Gasteiger partial charge in [-0.2, -0.15) is 9.40 Å². The number of ether oxygens (including phenoxy) is 2. The lowest BCUT2D eigenvalue weighted by Gasteiger charge is -2.22. The average Bonchev–Trinajstić information content (AvgIpc) is 3.29. The molecule has 10 heteroatoms. The molecule has 3 aromatic rings. The van der Waals surface area contributed by atoms with Gasteiger partial charge in [0.2, 0.25) is 15.9 Å². The Hall–Kier alpha value is -3.37. The van der Waals surface area contributed by atoms with Crippen molar-refractivity contribution in [2.75, 3.05) is 28.3 Å². The van der Waals surface area contributed by atoms with Gasteiger partial charge in [-0.1, -0.05) is 24.3 Å². The Bertz CT molecular complexity index is 1120. The summed E-state index contributed by atoms with van der Waals surface area (Å²) in [6, 6.07) is 14.5. The Morgan fingerprint density at radius 3 is 1.82 bits per heavy atom. The second-order valence-corrected chi connectivity index (χ2v) is 9.57. The molecule has 0 saturated heterocycles. The molecule has 0 fully saturated rings. The van der Waals surface area contributed by atoms with E-state index in [1.807, 2.05) is 24.3 Å². The molecule has 33 heavy (non-hydrogen) atoms. The number of methoxy groups -OCH3 is 2. The summed E-state index contributed by atoms with van der Waals surface area (Å²) in [6.07, 6.45) is 2.65. The van der Waals surface area contributed by atoms with Gasteiger partial charge in [-0.3, -0.25) is 9.48 Å². The van der Waals surface area contributed by atoms with Crippen LogP contribution in [0.1, 0.15) is 11.1 Å². The minimum Gasteiger partial charge on any atom is -0.497 e. The average molecular weight is 473 g/mol. The molecule has 1 amide bonds. The normalized spacial score (nSPS) is 11.4. The van der Waals surface area contributed by atoms with Crippen LogP contribution in [-0.4, -0.2) is 61.6 Å². The zero-order chi connectivity index (χ0) is 24.0. The zero-order valence-corrected chi connectivity index (χ0v) is 19.9. The molecule has 0 unspecified atom stereocenters. The Morgan fingerprint density at radius 2 is 1.39 bits per heavy atom. The molecule has 0 aliphatic heterocycles. The number of nitrogens with zero attached hydrogens (tertiary/aromatic N) is 4. The molecule has 0 saturated carbocycles. The zero-order valence-electron chi connectivity index (χ0n) is 19.1. The SMILES string of the molecule is COc1ccc(CN(Cc2ccc(OC)cc2)S(=O)(=O)c2cnn(CC(=O)N(C)C)c2)cc1. The molecule has 176 valence electrons. The van der Waals surface area contributed by atoms with Gasteiger partial charge < -0.3 is 14.4 Å². The van der Waals surface area contributed by atoms with E-state index in [9.17, 15) is 13.2 Å². The number of likely N-dealkylation sites (N-methyl/N-ethyl adjacent to an activating group) is 1. The van der Waals surface area contributed by atoms with Crippen LogP contribution in [0.25, 0.3) is 0 Å². The fourth-order valence-corrected chi connectivity index (χ4v) is 4.46. The van der Waals surface area contributed by atoms with Gasteiger partial charge in [0, 0.05) is 33.4 Å². The van der Waals surface area contributed by atoms with Crippen molar-refractivity contribution < 1.29 is 22.7 Å². The van der Waals surface area contributed by atoms with E-state index in [2.05, 4.69) is 5.10 Å². The predicted octanol–water partition coefficient (Wildman–Crippen LogP) is 2.38. The third-order valence-corrected chi connectivity index (χ3v) is 6.82. The standard InChI is InChI=1S/C23H28N4O5S/c1-25(2)23(28)17-26-16-22(13-24-26)33(29,30)27(14-18-5-9-20(31-3)10-6-18)15-19-7-11-21(32-4)12-8-19/h5-13,16H,14-15,17H2,1-4H3. The fraction of sp³-hybridized carbons (Fsp3) is 0.304. The second kappa shape index (κ2) is 10.5. The molecular weight excluding hydrogens is 444 g/mol. The smallest absolute Gasteiger partial charge is 0.246 e. The number of hydrogen-bond acceptors (Lipinski definition) is 6. The number of sulfonamides is 1. The van der Waals surface area contributed by atoms with E-state index in [1.165, 1.54) is 26.3 Å². The molecule has 1 heterocycles. The van der Waals surface area contributed by atoms with Gasteiger partial charge in [0.05, 0.1) is 20.4 Å². The Balaban J connectivity index is 1.90. The minimum absolute atomic E-state index is 0.0241. The maximum Gasteiger partial charge on any atom is 0.246 e. The van der Waals surface area contributed by atoms with Crippen molar-refractivity contribution in [1.82, 2.24) is 19.0 Å². The number of benzene rings is 2. The first kappa shape index (κ1) is 24.3. The lowest BCUT2D eigenvalue weighted by atomic mass is 10.2.